The van der Waals surface area contributed by atoms with Crippen molar-refractivity contribution in [3.63, 3.8) is 0 Å². The van der Waals surface area contributed by atoms with E-state index in [-0.39, 0.29) is 6.04 Å². The quantitative estimate of drug-likeness (QED) is 0.871. The molecule has 1 aromatic carbocycles. The van der Waals surface area contributed by atoms with Gasteiger partial charge in [-0.3, -0.25) is 0 Å². The molecule has 0 amide bonds. The van der Waals surface area contributed by atoms with Gasteiger partial charge in [0.2, 0.25) is 0 Å². The van der Waals surface area contributed by atoms with Gasteiger partial charge in [0.15, 0.2) is 11.6 Å². The summed E-state index contributed by atoms with van der Waals surface area (Å²) < 4.78 is 36.9. The standard InChI is InChI=1S/C15H21F2NO2/c1-19-10-15(12-4-5-13(16)14(17)7-12)18-8-11-3-2-6-20-9-11/h4-5,7,11,15,18H,2-3,6,8-10H2,1H3. The van der Waals surface area contributed by atoms with Crippen molar-refractivity contribution in [1.29, 1.82) is 0 Å². The minimum Gasteiger partial charge on any atom is -0.383 e. The van der Waals surface area contributed by atoms with Crippen molar-refractivity contribution in [1.82, 2.24) is 5.32 Å². The lowest BCUT2D eigenvalue weighted by Gasteiger charge is -2.25. The van der Waals surface area contributed by atoms with Crippen molar-refractivity contribution in [2.24, 2.45) is 5.92 Å². The number of benzene rings is 1. The van der Waals surface area contributed by atoms with Crippen LogP contribution in [0, 0.1) is 17.6 Å². The minimum absolute atomic E-state index is 0.142. The van der Waals surface area contributed by atoms with Gasteiger partial charge >= 0.3 is 0 Å². The molecule has 0 aliphatic carbocycles. The topological polar surface area (TPSA) is 30.5 Å². The van der Waals surface area contributed by atoms with E-state index in [0.29, 0.717) is 18.1 Å². The van der Waals surface area contributed by atoms with E-state index < -0.39 is 11.6 Å². The lowest BCUT2D eigenvalue weighted by atomic mass is 10.0. The van der Waals surface area contributed by atoms with Crippen LogP contribution in [0.4, 0.5) is 8.78 Å². The third kappa shape index (κ3) is 4.23. The van der Waals surface area contributed by atoms with E-state index in [2.05, 4.69) is 5.32 Å². The minimum atomic E-state index is -0.828. The van der Waals surface area contributed by atoms with E-state index in [1.165, 1.54) is 6.07 Å². The summed E-state index contributed by atoms with van der Waals surface area (Å²) in [5.41, 5.74) is 0.697. The number of hydrogen-bond donors (Lipinski definition) is 1. The lowest BCUT2D eigenvalue weighted by Crippen LogP contribution is -2.33. The Balaban J connectivity index is 1.96. The largest absolute Gasteiger partial charge is 0.383 e. The zero-order valence-corrected chi connectivity index (χ0v) is 11.7. The predicted octanol–water partition coefficient (Wildman–Crippen LogP) is 2.67. The van der Waals surface area contributed by atoms with Gasteiger partial charge in [0.25, 0.3) is 0 Å². The van der Waals surface area contributed by atoms with Crippen molar-refractivity contribution in [2.75, 3.05) is 33.5 Å². The third-order valence-electron chi connectivity index (χ3n) is 3.59. The second-order valence-electron chi connectivity index (χ2n) is 5.17. The Kier molecular flexibility index (Phi) is 5.88. The van der Waals surface area contributed by atoms with E-state index in [1.807, 2.05) is 0 Å². The van der Waals surface area contributed by atoms with Crippen LogP contribution in [0.15, 0.2) is 18.2 Å². The van der Waals surface area contributed by atoms with Crippen molar-refractivity contribution in [3.8, 4) is 0 Å². The molecule has 1 heterocycles. The molecule has 1 aliphatic heterocycles. The highest BCUT2D eigenvalue weighted by atomic mass is 19.2. The van der Waals surface area contributed by atoms with Crippen molar-refractivity contribution in [3.05, 3.63) is 35.4 Å². The summed E-state index contributed by atoms with van der Waals surface area (Å²) in [6.07, 6.45) is 2.21. The van der Waals surface area contributed by atoms with Crippen LogP contribution in [0.1, 0.15) is 24.4 Å². The Labute approximate surface area is 118 Å². The summed E-state index contributed by atoms with van der Waals surface area (Å²) in [7, 11) is 1.60. The first kappa shape index (κ1) is 15.4. The highest BCUT2D eigenvalue weighted by Crippen LogP contribution is 2.19. The van der Waals surface area contributed by atoms with Gasteiger partial charge in [0.1, 0.15) is 0 Å². The predicted molar refractivity (Wildman–Crippen MR) is 72.5 cm³/mol. The summed E-state index contributed by atoms with van der Waals surface area (Å²) >= 11 is 0. The van der Waals surface area contributed by atoms with Crippen LogP contribution >= 0.6 is 0 Å². The molecule has 1 aliphatic rings. The third-order valence-corrected chi connectivity index (χ3v) is 3.59. The normalized spacial score (nSPS) is 20.9. The molecule has 1 aromatic rings. The Morgan fingerprint density at radius 2 is 2.25 bits per heavy atom. The monoisotopic (exact) mass is 285 g/mol. The molecule has 5 heteroatoms. The average Bonchev–Trinajstić information content (AvgIpc) is 2.47. The van der Waals surface area contributed by atoms with Crippen LogP contribution in [-0.2, 0) is 9.47 Å². The zero-order valence-electron chi connectivity index (χ0n) is 11.7. The molecule has 112 valence electrons. The molecule has 0 saturated carbocycles. The number of ether oxygens (including phenoxy) is 2. The van der Waals surface area contributed by atoms with Gasteiger partial charge in [-0.15, -0.1) is 0 Å². The number of hydrogen-bond acceptors (Lipinski definition) is 3. The maximum Gasteiger partial charge on any atom is 0.159 e. The molecule has 3 nitrogen and oxygen atoms in total. The van der Waals surface area contributed by atoms with Crippen molar-refractivity contribution in [2.45, 2.75) is 18.9 Å². The maximum absolute atomic E-state index is 13.3. The van der Waals surface area contributed by atoms with Crippen LogP contribution in [0.25, 0.3) is 0 Å². The zero-order chi connectivity index (χ0) is 14.4. The summed E-state index contributed by atoms with van der Waals surface area (Å²) in [6.45, 7) is 2.79. The first-order chi connectivity index (χ1) is 9.70. The SMILES string of the molecule is COCC(NCC1CCCOC1)c1ccc(F)c(F)c1. The highest BCUT2D eigenvalue weighted by molar-refractivity contribution is 5.21. The first-order valence-electron chi connectivity index (χ1n) is 6.95. The molecule has 0 radical (unpaired) electrons. The molecular formula is C15H21F2NO2. The molecular weight excluding hydrogens is 264 g/mol. The number of methoxy groups -OCH3 is 1. The Hall–Kier alpha value is -1.04. The summed E-state index contributed by atoms with van der Waals surface area (Å²) in [6, 6.07) is 3.83. The number of rotatable bonds is 6. The molecule has 2 unspecified atom stereocenters. The fourth-order valence-electron chi connectivity index (χ4n) is 2.45. The van der Waals surface area contributed by atoms with Crippen LogP contribution in [0.3, 0.4) is 0 Å². The molecule has 1 N–H and O–H groups in total. The smallest absolute Gasteiger partial charge is 0.159 e. The van der Waals surface area contributed by atoms with E-state index >= 15 is 0 Å². The van der Waals surface area contributed by atoms with Crippen LogP contribution in [0.5, 0.6) is 0 Å². The van der Waals surface area contributed by atoms with Gasteiger partial charge in [-0.25, -0.2) is 8.78 Å². The van der Waals surface area contributed by atoms with Crippen LogP contribution < -0.4 is 5.32 Å². The van der Waals surface area contributed by atoms with Gasteiger partial charge in [0.05, 0.1) is 19.3 Å². The van der Waals surface area contributed by atoms with Gasteiger partial charge in [-0.05, 0) is 36.5 Å². The second kappa shape index (κ2) is 7.67. The fourth-order valence-corrected chi connectivity index (χ4v) is 2.45. The van der Waals surface area contributed by atoms with Gasteiger partial charge in [-0.1, -0.05) is 6.07 Å². The lowest BCUT2D eigenvalue weighted by molar-refractivity contribution is 0.0519. The van der Waals surface area contributed by atoms with Crippen LogP contribution in [-0.4, -0.2) is 33.5 Å². The van der Waals surface area contributed by atoms with E-state index in [4.69, 9.17) is 9.47 Å². The van der Waals surface area contributed by atoms with Gasteiger partial charge in [-0.2, -0.15) is 0 Å². The summed E-state index contributed by atoms with van der Waals surface area (Å²) in [5.74, 6) is -1.19. The molecule has 2 atom stereocenters. The van der Waals surface area contributed by atoms with Gasteiger partial charge in [0, 0.05) is 20.3 Å². The van der Waals surface area contributed by atoms with Crippen molar-refractivity contribution >= 4 is 0 Å². The Bertz CT molecular complexity index is 422. The second-order valence-corrected chi connectivity index (χ2v) is 5.17. The number of nitrogens with one attached hydrogen (secondary N) is 1. The van der Waals surface area contributed by atoms with Gasteiger partial charge < -0.3 is 14.8 Å². The molecule has 2 rings (SSSR count). The molecule has 0 bridgehead atoms. The molecule has 0 spiro atoms. The average molecular weight is 285 g/mol. The Morgan fingerprint density at radius 1 is 1.40 bits per heavy atom. The van der Waals surface area contributed by atoms with E-state index in [0.717, 1.165) is 38.7 Å². The summed E-state index contributed by atoms with van der Waals surface area (Å²) in [4.78, 5) is 0. The molecule has 0 aromatic heterocycles. The molecule has 20 heavy (non-hydrogen) atoms. The maximum atomic E-state index is 13.3. The van der Waals surface area contributed by atoms with Crippen LogP contribution in [0.2, 0.25) is 0 Å². The molecule has 1 saturated heterocycles. The van der Waals surface area contributed by atoms with Crippen molar-refractivity contribution < 1.29 is 18.3 Å². The Morgan fingerprint density at radius 3 is 2.90 bits per heavy atom. The molecule has 1 fully saturated rings. The first-order valence-corrected chi connectivity index (χ1v) is 6.95. The highest BCUT2D eigenvalue weighted by Gasteiger charge is 2.18. The summed E-state index contributed by atoms with van der Waals surface area (Å²) in [5, 5.41) is 3.36. The van der Waals surface area contributed by atoms with E-state index in [1.54, 1.807) is 13.2 Å². The number of halogens is 2. The van der Waals surface area contributed by atoms with E-state index in [9.17, 15) is 8.78 Å². The fraction of sp³-hybridized carbons (Fsp3) is 0.600.